The molecule has 0 fully saturated rings. The van der Waals surface area contributed by atoms with Crippen LogP contribution in [-0.4, -0.2) is 28.8 Å². The summed E-state index contributed by atoms with van der Waals surface area (Å²) in [6, 6.07) is 5.09. The highest BCUT2D eigenvalue weighted by molar-refractivity contribution is 7.98. The van der Waals surface area contributed by atoms with E-state index in [0.29, 0.717) is 6.54 Å². The lowest BCUT2D eigenvalue weighted by Gasteiger charge is -2.21. The standard InChI is InChI=1S/C17H21ClN4O3S/c1-4-5-8-22-14(19)13(15(23)20-17(22)25)21(2)16(24)11-9-10(26-3)6-7-12(11)18/h6-7,9H,4-5,8,19H2,1-3H3,(H,20,23,25). The number of nitrogen functional groups attached to an aromatic ring is 1. The molecule has 0 bridgehead atoms. The second kappa shape index (κ2) is 8.46. The fourth-order valence-electron chi connectivity index (χ4n) is 2.52. The minimum absolute atomic E-state index is 0.0415. The van der Waals surface area contributed by atoms with Crippen LogP contribution in [0.3, 0.4) is 0 Å². The molecule has 140 valence electrons. The van der Waals surface area contributed by atoms with Gasteiger partial charge in [0, 0.05) is 18.5 Å². The number of aromatic nitrogens is 2. The van der Waals surface area contributed by atoms with Crippen molar-refractivity contribution in [2.45, 2.75) is 31.2 Å². The van der Waals surface area contributed by atoms with Crippen LogP contribution < -0.4 is 21.9 Å². The van der Waals surface area contributed by atoms with Gasteiger partial charge in [0.15, 0.2) is 5.69 Å². The zero-order chi connectivity index (χ0) is 19.4. The van der Waals surface area contributed by atoms with Crippen LogP contribution in [0.1, 0.15) is 30.1 Å². The molecule has 0 spiro atoms. The molecular weight excluding hydrogens is 376 g/mol. The number of carbonyl (C=O) groups is 1. The van der Waals surface area contributed by atoms with Gasteiger partial charge in [0.1, 0.15) is 5.82 Å². The van der Waals surface area contributed by atoms with Crippen LogP contribution >= 0.6 is 23.4 Å². The minimum Gasteiger partial charge on any atom is -0.383 e. The Kier molecular flexibility index (Phi) is 6.55. The summed E-state index contributed by atoms with van der Waals surface area (Å²) in [6.45, 7) is 2.33. The second-order valence-electron chi connectivity index (χ2n) is 5.71. The Hall–Kier alpha value is -2.19. The zero-order valence-electron chi connectivity index (χ0n) is 14.8. The number of anilines is 2. The van der Waals surface area contributed by atoms with E-state index in [-0.39, 0.29) is 22.1 Å². The Labute approximate surface area is 160 Å². The number of nitrogens with one attached hydrogen (secondary N) is 1. The second-order valence-corrected chi connectivity index (χ2v) is 7.00. The van der Waals surface area contributed by atoms with Gasteiger partial charge in [-0.15, -0.1) is 11.8 Å². The topological polar surface area (TPSA) is 101 Å². The summed E-state index contributed by atoms with van der Waals surface area (Å²) in [7, 11) is 1.43. The fourth-order valence-corrected chi connectivity index (χ4v) is 3.16. The SMILES string of the molecule is CCCCn1c(N)c(N(C)C(=O)c2cc(SC)ccc2Cl)c(=O)[nH]c1=O. The van der Waals surface area contributed by atoms with Crippen LogP contribution in [0.2, 0.25) is 5.02 Å². The molecule has 0 atom stereocenters. The van der Waals surface area contributed by atoms with Gasteiger partial charge < -0.3 is 10.6 Å². The third-order valence-electron chi connectivity index (χ3n) is 3.99. The molecule has 0 unspecified atom stereocenters. The summed E-state index contributed by atoms with van der Waals surface area (Å²) in [6.07, 6.45) is 3.45. The van der Waals surface area contributed by atoms with E-state index < -0.39 is 17.2 Å². The minimum atomic E-state index is -0.715. The van der Waals surface area contributed by atoms with Gasteiger partial charge in [0.05, 0.1) is 10.6 Å². The zero-order valence-corrected chi connectivity index (χ0v) is 16.4. The molecule has 26 heavy (non-hydrogen) atoms. The van der Waals surface area contributed by atoms with Crippen LogP contribution in [0, 0.1) is 0 Å². The first kappa shape index (κ1) is 20.1. The van der Waals surface area contributed by atoms with Gasteiger partial charge in [0.25, 0.3) is 11.5 Å². The Morgan fingerprint density at radius 3 is 2.69 bits per heavy atom. The molecule has 0 saturated heterocycles. The van der Waals surface area contributed by atoms with Crippen molar-refractivity contribution >= 4 is 40.8 Å². The number of rotatable bonds is 6. The van der Waals surface area contributed by atoms with Gasteiger partial charge in [-0.3, -0.25) is 19.1 Å². The molecule has 2 rings (SSSR count). The van der Waals surface area contributed by atoms with E-state index >= 15 is 0 Å². The molecule has 0 radical (unpaired) electrons. The molecule has 0 saturated carbocycles. The average molecular weight is 397 g/mol. The van der Waals surface area contributed by atoms with Crippen LogP contribution in [-0.2, 0) is 6.54 Å². The lowest BCUT2D eigenvalue weighted by Crippen LogP contribution is -2.39. The van der Waals surface area contributed by atoms with Gasteiger partial charge >= 0.3 is 5.69 Å². The number of nitrogens with zero attached hydrogens (tertiary/aromatic N) is 2. The number of thioether (sulfide) groups is 1. The van der Waals surface area contributed by atoms with Crippen molar-refractivity contribution in [2.75, 3.05) is 23.9 Å². The predicted molar refractivity (Wildman–Crippen MR) is 107 cm³/mol. The summed E-state index contributed by atoms with van der Waals surface area (Å²) in [5, 5.41) is 0.272. The maximum Gasteiger partial charge on any atom is 0.330 e. The number of carbonyl (C=O) groups excluding carboxylic acids is 1. The first-order chi connectivity index (χ1) is 12.3. The highest BCUT2D eigenvalue weighted by Gasteiger charge is 2.23. The number of nitrogens with two attached hydrogens (primary N) is 1. The molecule has 1 aromatic carbocycles. The maximum absolute atomic E-state index is 12.9. The van der Waals surface area contributed by atoms with E-state index in [1.54, 1.807) is 18.2 Å². The quantitative estimate of drug-likeness (QED) is 0.731. The monoisotopic (exact) mass is 396 g/mol. The highest BCUT2D eigenvalue weighted by atomic mass is 35.5. The van der Waals surface area contributed by atoms with Gasteiger partial charge in [-0.25, -0.2) is 4.79 Å². The van der Waals surface area contributed by atoms with E-state index in [9.17, 15) is 14.4 Å². The van der Waals surface area contributed by atoms with Crippen molar-refractivity contribution in [3.05, 3.63) is 49.6 Å². The van der Waals surface area contributed by atoms with E-state index in [1.165, 1.54) is 23.4 Å². The molecule has 1 amide bonds. The van der Waals surface area contributed by atoms with E-state index in [2.05, 4.69) is 4.98 Å². The number of benzene rings is 1. The van der Waals surface area contributed by atoms with E-state index in [1.807, 2.05) is 13.2 Å². The normalized spacial score (nSPS) is 10.8. The number of hydrogen-bond donors (Lipinski definition) is 2. The van der Waals surface area contributed by atoms with Crippen molar-refractivity contribution in [2.24, 2.45) is 0 Å². The van der Waals surface area contributed by atoms with Crippen molar-refractivity contribution in [1.29, 1.82) is 0 Å². The number of halogens is 1. The van der Waals surface area contributed by atoms with Crippen molar-refractivity contribution in [3.8, 4) is 0 Å². The van der Waals surface area contributed by atoms with Crippen molar-refractivity contribution < 1.29 is 4.79 Å². The van der Waals surface area contributed by atoms with Gasteiger partial charge in [-0.05, 0) is 30.9 Å². The lowest BCUT2D eigenvalue weighted by atomic mass is 10.2. The van der Waals surface area contributed by atoms with Gasteiger partial charge in [-0.1, -0.05) is 24.9 Å². The van der Waals surface area contributed by atoms with Crippen LogP contribution in [0.4, 0.5) is 11.5 Å². The molecule has 2 aromatic rings. The number of aromatic amines is 1. The van der Waals surface area contributed by atoms with Gasteiger partial charge in [-0.2, -0.15) is 0 Å². The fraction of sp³-hybridized carbons (Fsp3) is 0.353. The van der Waals surface area contributed by atoms with Crippen LogP contribution in [0.15, 0.2) is 32.7 Å². The number of hydrogen-bond acceptors (Lipinski definition) is 5. The number of unbranched alkanes of at least 4 members (excludes halogenated alkanes) is 1. The maximum atomic E-state index is 12.9. The van der Waals surface area contributed by atoms with Crippen LogP contribution in [0.5, 0.6) is 0 Å². The Morgan fingerprint density at radius 1 is 1.38 bits per heavy atom. The molecule has 1 aromatic heterocycles. The van der Waals surface area contributed by atoms with Gasteiger partial charge in [0.2, 0.25) is 0 Å². The molecular formula is C17H21ClN4O3S. The van der Waals surface area contributed by atoms with Crippen LogP contribution in [0.25, 0.3) is 0 Å². The predicted octanol–water partition coefficient (Wildman–Crippen LogP) is 2.57. The number of H-pyrrole nitrogens is 1. The molecule has 7 nitrogen and oxygen atoms in total. The number of amides is 1. The molecule has 9 heteroatoms. The Bertz CT molecular complexity index is 939. The van der Waals surface area contributed by atoms with E-state index in [4.69, 9.17) is 17.3 Å². The molecule has 1 heterocycles. The third kappa shape index (κ3) is 3.96. The molecule has 3 N–H and O–H groups in total. The summed E-state index contributed by atoms with van der Waals surface area (Å²) >= 11 is 7.62. The highest BCUT2D eigenvalue weighted by Crippen LogP contribution is 2.26. The average Bonchev–Trinajstić information content (AvgIpc) is 2.61. The first-order valence-electron chi connectivity index (χ1n) is 8.06. The Balaban J connectivity index is 2.53. The summed E-state index contributed by atoms with van der Waals surface area (Å²) in [5.74, 6) is -0.524. The first-order valence-corrected chi connectivity index (χ1v) is 9.66. The lowest BCUT2D eigenvalue weighted by molar-refractivity contribution is 0.0992. The summed E-state index contributed by atoms with van der Waals surface area (Å²) < 4.78 is 1.27. The van der Waals surface area contributed by atoms with Crippen molar-refractivity contribution in [3.63, 3.8) is 0 Å². The molecule has 0 aliphatic heterocycles. The largest absolute Gasteiger partial charge is 0.383 e. The van der Waals surface area contributed by atoms with Crippen molar-refractivity contribution in [1.82, 2.24) is 9.55 Å². The van der Waals surface area contributed by atoms with E-state index in [0.717, 1.165) is 22.6 Å². The summed E-state index contributed by atoms with van der Waals surface area (Å²) in [4.78, 5) is 41.4. The Morgan fingerprint density at radius 2 is 2.08 bits per heavy atom. The third-order valence-corrected chi connectivity index (χ3v) is 5.05. The molecule has 0 aliphatic carbocycles. The molecule has 0 aliphatic rings. The smallest absolute Gasteiger partial charge is 0.330 e. The summed E-state index contributed by atoms with van der Waals surface area (Å²) in [5.41, 5.74) is 4.93.